The number of hydrogen-bond acceptors (Lipinski definition) is 4. The van der Waals surface area contributed by atoms with Gasteiger partial charge in [-0.25, -0.2) is 0 Å². The van der Waals surface area contributed by atoms with E-state index in [-0.39, 0.29) is 11.4 Å². The van der Waals surface area contributed by atoms with Crippen molar-refractivity contribution in [1.82, 2.24) is 10.2 Å². The third kappa shape index (κ3) is 3.21. The molecule has 26 heavy (non-hydrogen) atoms. The topological polar surface area (TPSA) is 80.9 Å². The van der Waals surface area contributed by atoms with Crippen molar-refractivity contribution in [2.24, 2.45) is 5.73 Å². The van der Waals surface area contributed by atoms with Crippen molar-refractivity contribution in [3.8, 4) is 22.4 Å². The molecule has 2 aromatic carbocycles. The summed E-state index contributed by atoms with van der Waals surface area (Å²) in [7, 11) is 0. The van der Waals surface area contributed by atoms with Crippen molar-refractivity contribution in [1.29, 1.82) is 0 Å². The summed E-state index contributed by atoms with van der Waals surface area (Å²) in [5.41, 5.74) is 11.0. The fourth-order valence-electron chi connectivity index (χ4n) is 3.07. The van der Waals surface area contributed by atoms with Gasteiger partial charge in [0.15, 0.2) is 5.82 Å². The van der Waals surface area contributed by atoms with Crippen molar-refractivity contribution in [2.75, 3.05) is 5.32 Å². The van der Waals surface area contributed by atoms with E-state index in [1.165, 1.54) is 6.92 Å². The van der Waals surface area contributed by atoms with Crippen molar-refractivity contribution < 1.29 is 4.79 Å². The Hall–Kier alpha value is -3.05. The minimum atomic E-state index is -0.173. The molecule has 1 heterocycles. The molecule has 0 atom stereocenters. The lowest BCUT2D eigenvalue weighted by molar-refractivity contribution is -0.114. The number of nitrogens with two attached hydrogens (primary N) is 1. The number of carbonyl (C=O) groups excluding carboxylic acids is 1. The van der Waals surface area contributed by atoms with Gasteiger partial charge in [0.25, 0.3) is 0 Å². The molecular formula is C21H20N4O. The zero-order valence-corrected chi connectivity index (χ0v) is 14.6. The van der Waals surface area contributed by atoms with Crippen LogP contribution >= 0.6 is 0 Å². The highest BCUT2D eigenvalue weighted by atomic mass is 16.1. The molecule has 5 nitrogen and oxygen atoms in total. The highest BCUT2D eigenvalue weighted by Gasteiger charge is 2.39. The fourth-order valence-corrected chi connectivity index (χ4v) is 3.07. The van der Waals surface area contributed by atoms with Gasteiger partial charge in [-0.2, -0.15) is 0 Å². The molecule has 0 unspecified atom stereocenters. The SMILES string of the molecule is CC(=O)Nc1cc(-c2ccccc2)c(-c2ccc(C3(N)CC3)cc2)nn1. The van der Waals surface area contributed by atoms with Gasteiger partial charge in [-0.15, -0.1) is 10.2 Å². The minimum absolute atomic E-state index is 0.151. The predicted octanol–water partition coefficient (Wildman–Crippen LogP) is 3.72. The van der Waals surface area contributed by atoms with Gasteiger partial charge in [-0.3, -0.25) is 4.79 Å². The summed E-state index contributed by atoms with van der Waals surface area (Å²) < 4.78 is 0. The molecule has 3 N–H and O–H groups in total. The van der Waals surface area contributed by atoms with Crippen LogP contribution in [0.15, 0.2) is 60.7 Å². The molecule has 0 spiro atoms. The molecular weight excluding hydrogens is 324 g/mol. The zero-order chi connectivity index (χ0) is 18.1. The van der Waals surface area contributed by atoms with Gasteiger partial charge in [-0.05, 0) is 30.0 Å². The van der Waals surface area contributed by atoms with E-state index in [9.17, 15) is 4.79 Å². The lowest BCUT2D eigenvalue weighted by atomic mass is 9.97. The van der Waals surface area contributed by atoms with Gasteiger partial charge >= 0.3 is 0 Å². The van der Waals surface area contributed by atoms with Crippen molar-refractivity contribution in [2.45, 2.75) is 25.3 Å². The second kappa shape index (κ2) is 6.35. The Balaban J connectivity index is 1.78. The molecule has 1 aliphatic carbocycles. The van der Waals surface area contributed by atoms with Crippen LogP contribution in [-0.4, -0.2) is 16.1 Å². The predicted molar refractivity (Wildman–Crippen MR) is 102 cm³/mol. The van der Waals surface area contributed by atoms with Crippen LogP contribution in [0.25, 0.3) is 22.4 Å². The van der Waals surface area contributed by atoms with Gasteiger partial charge < -0.3 is 11.1 Å². The summed E-state index contributed by atoms with van der Waals surface area (Å²) in [5, 5.41) is 11.2. The van der Waals surface area contributed by atoms with Gasteiger partial charge in [0.2, 0.25) is 5.91 Å². The van der Waals surface area contributed by atoms with Crippen molar-refractivity contribution in [3.05, 3.63) is 66.2 Å². The summed E-state index contributed by atoms with van der Waals surface area (Å²) in [6.45, 7) is 1.46. The fraction of sp³-hybridized carbons (Fsp3) is 0.190. The summed E-state index contributed by atoms with van der Waals surface area (Å²) in [6, 6.07) is 20.0. The highest BCUT2D eigenvalue weighted by molar-refractivity contribution is 5.90. The van der Waals surface area contributed by atoms with Crippen LogP contribution in [-0.2, 0) is 10.3 Å². The Labute approximate surface area is 152 Å². The molecule has 130 valence electrons. The molecule has 0 bridgehead atoms. The van der Waals surface area contributed by atoms with Crippen LogP contribution in [0.5, 0.6) is 0 Å². The summed E-state index contributed by atoms with van der Waals surface area (Å²) in [6.07, 6.45) is 2.07. The summed E-state index contributed by atoms with van der Waals surface area (Å²) >= 11 is 0. The molecule has 5 heteroatoms. The Bertz CT molecular complexity index is 948. The monoisotopic (exact) mass is 344 g/mol. The summed E-state index contributed by atoms with van der Waals surface area (Å²) in [4.78, 5) is 11.4. The standard InChI is InChI=1S/C21H20N4O/c1-14(26)23-19-13-18(15-5-3-2-4-6-15)20(25-24-19)16-7-9-17(10-8-16)21(22)11-12-21/h2-10,13H,11-12,22H2,1H3,(H,23,24,26). The molecule has 1 aromatic heterocycles. The second-order valence-electron chi connectivity index (χ2n) is 6.77. The number of nitrogens with zero attached hydrogens (tertiary/aromatic N) is 2. The average molecular weight is 344 g/mol. The third-order valence-corrected chi connectivity index (χ3v) is 4.70. The van der Waals surface area contributed by atoms with Crippen LogP contribution in [0.2, 0.25) is 0 Å². The number of nitrogens with one attached hydrogen (secondary N) is 1. The number of amides is 1. The first-order valence-electron chi connectivity index (χ1n) is 8.66. The first-order valence-corrected chi connectivity index (χ1v) is 8.66. The normalized spacial score (nSPS) is 14.7. The molecule has 1 saturated carbocycles. The number of anilines is 1. The van der Waals surface area contributed by atoms with Gasteiger partial charge in [0.05, 0.1) is 0 Å². The largest absolute Gasteiger partial charge is 0.321 e. The Morgan fingerprint density at radius 2 is 1.69 bits per heavy atom. The molecule has 1 amide bonds. The molecule has 0 saturated heterocycles. The highest BCUT2D eigenvalue weighted by Crippen LogP contribution is 2.43. The Morgan fingerprint density at radius 1 is 1.00 bits per heavy atom. The van der Waals surface area contributed by atoms with Crippen LogP contribution in [0.3, 0.4) is 0 Å². The van der Waals surface area contributed by atoms with Crippen LogP contribution < -0.4 is 11.1 Å². The van der Waals surface area contributed by atoms with Gasteiger partial charge in [0.1, 0.15) is 5.69 Å². The van der Waals surface area contributed by atoms with E-state index in [4.69, 9.17) is 5.73 Å². The minimum Gasteiger partial charge on any atom is -0.321 e. The van der Waals surface area contributed by atoms with Crippen molar-refractivity contribution in [3.63, 3.8) is 0 Å². The van der Waals surface area contributed by atoms with Crippen LogP contribution in [0.1, 0.15) is 25.3 Å². The lowest BCUT2D eigenvalue weighted by Gasteiger charge is -2.13. The first kappa shape index (κ1) is 16.4. The Morgan fingerprint density at radius 3 is 2.31 bits per heavy atom. The number of benzene rings is 2. The van der Waals surface area contributed by atoms with E-state index in [1.54, 1.807) is 0 Å². The van der Waals surface area contributed by atoms with Gasteiger partial charge in [-0.1, -0.05) is 54.6 Å². The van der Waals surface area contributed by atoms with E-state index >= 15 is 0 Å². The zero-order valence-electron chi connectivity index (χ0n) is 14.6. The average Bonchev–Trinajstić information content (AvgIpc) is 3.41. The summed E-state index contributed by atoms with van der Waals surface area (Å²) in [5.74, 6) is 0.267. The van der Waals surface area contributed by atoms with E-state index in [1.807, 2.05) is 48.5 Å². The maximum absolute atomic E-state index is 11.4. The lowest BCUT2D eigenvalue weighted by Crippen LogP contribution is -2.18. The molecule has 1 aliphatic rings. The van der Waals surface area contributed by atoms with E-state index in [2.05, 4.69) is 27.6 Å². The molecule has 4 rings (SSSR count). The number of carbonyl (C=O) groups is 1. The maximum atomic E-state index is 11.4. The first-order chi connectivity index (χ1) is 12.5. The molecule has 3 aromatic rings. The second-order valence-corrected chi connectivity index (χ2v) is 6.77. The molecule has 0 aliphatic heterocycles. The molecule has 1 fully saturated rings. The molecule has 0 radical (unpaired) electrons. The maximum Gasteiger partial charge on any atom is 0.222 e. The van der Waals surface area contributed by atoms with Crippen molar-refractivity contribution >= 4 is 11.7 Å². The number of rotatable bonds is 4. The number of hydrogen-bond donors (Lipinski definition) is 2. The van der Waals surface area contributed by atoms with Crippen LogP contribution in [0.4, 0.5) is 5.82 Å². The third-order valence-electron chi connectivity index (χ3n) is 4.70. The van der Waals surface area contributed by atoms with Crippen LogP contribution in [0, 0.1) is 0 Å². The number of aromatic nitrogens is 2. The van der Waals surface area contributed by atoms with E-state index in [0.29, 0.717) is 5.82 Å². The smallest absolute Gasteiger partial charge is 0.222 e. The van der Waals surface area contributed by atoms with Gasteiger partial charge in [0, 0.05) is 23.6 Å². The quantitative estimate of drug-likeness (QED) is 0.756. The Kier molecular flexibility index (Phi) is 4.01. The van der Waals surface area contributed by atoms with E-state index < -0.39 is 0 Å². The van der Waals surface area contributed by atoms with E-state index in [0.717, 1.165) is 40.8 Å².